The normalized spacial score (nSPS) is 12.5. The Morgan fingerprint density at radius 1 is 0.395 bits per heavy atom. The number of carboxylic acid groups (broad SMARTS) is 4. The Bertz CT molecular complexity index is 7660. The van der Waals surface area contributed by atoms with E-state index < -0.39 is 93.0 Å². The number of carbonyl (C=O) groups is 4. The van der Waals surface area contributed by atoms with Gasteiger partial charge >= 0.3 is 46.6 Å². The molecule has 0 spiro atoms. The minimum Gasteiger partial charge on any atom is -0.481 e. The highest BCUT2D eigenvalue weighted by Crippen LogP contribution is 2.33. The van der Waals surface area contributed by atoms with Crippen LogP contribution in [-0.2, 0) is 66.5 Å². The van der Waals surface area contributed by atoms with E-state index in [4.69, 9.17) is 0 Å². The molecule has 670 valence electrons. The molecule has 0 fully saturated rings. The molecule has 0 aliphatic carbocycles. The van der Waals surface area contributed by atoms with E-state index in [1.54, 1.807) is 76.2 Å². The van der Waals surface area contributed by atoms with Crippen LogP contribution in [0.2, 0.25) is 0 Å². The monoisotopic (exact) mass is 1770 g/mol. The van der Waals surface area contributed by atoms with Gasteiger partial charge in [0.15, 0.2) is 16.6 Å². The lowest BCUT2D eigenvalue weighted by molar-refractivity contribution is -0.141. The average Bonchev–Trinajstić information content (AvgIpc) is 1.75. The zero-order valence-electron chi connectivity index (χ0n) is 74.5. The topological polar surface area (TPSA) is 404 Å². The van der Waals surface area contributed by atoms with Crippen LogP contribution in [0.15, 0.2) is 185 Å². The number of nitrogens with zero attached hydrogens (tertiary/aromatic N) is 16. The van der Waals surface area contributed by atoms with Gasteiger partial charge in [-0.05, 0) is 208 Å². The summed E-state index contributed by atoms with van der Waals surface area (Å²) >= 11 is 1.35. The van der Waals surface area contributed by atoms with Crippen LogP contribution in [0.3, 0.4) is 0 Å². The Hall–Kier alpha value is -14.4. The lowest BCUT2D eigenvalue weighted by Crippen LogP contribution is -2.44. The third-order valence-electron chi connectivity index (χ3n) is 23.9. The molecular weight excluding hydrogens is 1670 g/mol. The first kappa shape index (κ1) is 92.3. The average molecular weight is 1770 g/mol. The maximum atomic E-state index is 13.8. The Morgan fingerprint density at radius 3 is 1.22 bits per heavy atom. The van der Waals surface area contributed by atoms with E-state index in [0.717, 1.165) is 130 Å². The molecule has 4 atom stereocenters. The number of aliphatic carboxylic acids is 4. The zero-order chi connectivity index (χ0) is 93.0. The number of benzene rings is 4. The van der Waals surface area contributed by atoms with Crippen LogP contribution in [0.1, 0.15) is 184 Å². The van der Waals surface area contributed by atoms with E-state index in [9.17, 15) is 78.0 Å². The summed E-state index contributed by atoms with van der Waals surface area (Å²) in [4.78, 5) is 170. The molecular formula is C96H104N16O16S. The molecule has 0 amide bonds. The Kier molecular flexibility index (Phi) is 27.8. The summed E-state index contributed by atoms with van der Waals surface area (Å²) in [7, 11) is 5.90. The number of aromatic nitrogens is 16. The van der Waals surface area contributed by atoms with Crippen molar-refractivity contribution in [1.29, 1.82) is 0 Å². The van der Waals surface area contributed by atoms with E-state index >= 15 is 0 Å². The highest BCUT2D eigenvalue weighted by Gasteiger charge is 2.31. The molecule has 16 aromatic rings. The van der Waals surface area contributed by atoms with Gasteiger partial charge in [0.05, 0.1) is 101 Å². The Balaban J connectivity index is 0.000000147. The van der Waals surface area contributed by atoms with Crippen LogP contribution in [0.5, 0.6) is 0 Å². The second-order valence-electron chi connectivity index (χ2n) is 33.2. The molecule has 0 bridgehead atoms. The highest BCUT2D eigenvalue weighted by molar-refractivity contribution is 7.13. The summed E-state index contributed by atoms with van der Waals surface area (Å²) in [5.74, 6) is -4.37. The van der Waals surface area contributed by atoms with Gasteiger partial charge < -0.3 is 34.1 Å². The van der Waals surface area contributed by atoms with Gasteiger partial charge in [0.25, 0.3) is 22.2 Å². The molecule has 129 heavy (non-hydrogen) atoms. The number of fused-ring (bicyclic) bond motifs is 8. The second kappa shape index (κ2) is 38.8. The Morgan fingerprint density at radius 2 is 0.783 bits per heavy atom. The van der Waals surface area contributed by atoms with E-state index in [0.29, 0.717) is 65.3 Å². The number of rotatable bonds is 27. The van der Waals surface area contributed by atoms with Crippen LogP contribution in [0.25, 0.3) is 86.8 Å². The predicted molar refractivity (Wildman–Crippen MR) is 499 cm³/mol. The van der Waals surface area contributed by atoms with Gasteiger partial charge in [-0.2, -0.15) is 4.37 Å². The van der Waals surface area contributed by atoms with Crippen molar-refractivity contribution >= 4 is 122 Å². The van der Waals surface area contributed by atoms with Gasteiger partial charge in [0, 0.05) is 109 Å². The first-order valence-electron chi connectivity index (χ1n) is 42.9. The van der Waals surface area contributed by atoms with Crippen molar-refractivity contribution in [3.05, 3.63) is 291 Å². The van der Waals surface area contributed by atoms with Gasteiger partial charge in [-0.25, -0.2) is 43.5 Å². The quantitative estimate of drug-likeness (QED) is 0.0371. The first-order valence-corrected chi connectivity index (χ1v) is 43.7. The fourth-order valence-corrected chi connectivity index (χ4v) is 19.1. The van der Waals surface area contributed by atoms with Crippen molar-refractivity contribution < 1.29 is 39.6 Å². The molecule has 0 aliphatic rings. The number of hydrogen-bond donors (Lipinski definition) is 4. The van der Waals surface area contributed by atoms with Crippen molar-refractivity contribution in [3.8, 4) is 0 Å². The lowest BCUT2D eigenvalue weighted by atomic mass is 10.0. The minimum atomic E-state index is -1.26. The predicted octanol–water partition coefficient (Wildman–Crippen LogP) is 13.5. The third kappa shape index (κ3) is 18.5. The summed E-state index contributed by atoms with van der Waals surface area (Å²) in [6, 6.07) is 26.9. The van der Waals surface area contributed by atoms with Crippen LogP contribution in [-0.4, -0.2) is 119 Å². The fraction of sp³-hybridized carbons (Fsp3) is 0.344. The van der Waals surface area contributed by atoms with E-state index in [1.807, 2.05) is 126 Å². The van der Waals surface area contributed by atoms with Crippen LogP contribution in [0, 0.1) is 48.5 Å². The zero-order valence-corrected chi connectivity index (χ0v) is 75.3. The minimum absolute atomic E-state index is 0.0592. The number of unbranched alkanes of at least 4 members (excludes halogenated alkanes) is 2. The van der Waals surface area contributed by atoms with Crippen molar-refractivity contribution in [1.82, 2.24) is 74.5 Å². The molecule has 32 nitrogen and oxygen atoms in total. The summed E-state index contributed by atoms with van der Waals surface area (Å²) in [6.07, 6.45) is 17.0. The maximum Gasteiger partial charge on any atom is 0.332 e. The van der Waals surface area contributed by atoms with E-state index in [-0.39, 0.29) is 68.4 Å². The SMILES string of the molecule is CCCCC(CC(=O)O)n1c(=O)c2ncccc2n(Cc2cn(C)c3cc(C)cc(C)c23)c1=O.CCCCC(CC(=O)O)n1c(=O)c2ncccc2n(Cc2cn(C)c3cccc(C)c23)c1=O.CC[C@@H](C(=O)O)n1c(=O)c2ncccc2n(Cc2nsc3cc(C)cc(C)c23)c1=O.CC[C@H](CC(=O)O)n1c(=O)c2cnccc2n(Cc2cn(C)c3cc(C)cc(C)c23)c1=O. The van der Waals surface area contributed by atoms with Crippen LogP contribution in [0.4, 0.5) is 0 Å². The number of pyridine rings is 4. The third-order valence-corrected chi connectivity index (χ3v) is 24.8. The molecule has 33 heteroatoms. The lowest BCUT2D eigenvalue weighted by Gasteiger charge is -2.20. The van der Waals surface area contributed by atoms with E-state index in [1.165, 1.54) is 40.9 Å². The molecule has 0 saturated carbocycles. The molecule has 0 radical (unpaired) electrons. The van der Waals surface area contributed by atoms with Crippen LogP contribution >= 0.6 is 11.5 Å². The molecule has 4 aromatic carbocycles. The summed E-state index contributed by atoms with van der Waals surface area (Å²) in [5.41, 5.74) is 12.2. The largest absolute Gasteiger partial charge is 0.481 e. The standard InChI is InChI=1S/C26H30N4O4.C25H28N4O4.C24H26N4O4.C21H20N4O4S/c1-5-6-8-19(13-22(31)32)30-25(33)24-20(9-7-10-27-24)29(26(30)34)15-18-14-28(4)21-12-16(2)11-17(3)23(18)21;1-4-5-9-18(13-21(30)31)29-24(32)23-20(11-7-12-26-23)28(25(29)33)15-17-14-27(3)19-10-6-8-16(2)22(17)19;1-5-17(10-21(29)30)28-23(31)18-11-25-7-6-19(18)27(24(28)32)13-16-12-26(4)20-9-14(2)8-15(3)22(16)20;1-4-14(20(27)28)25-19(26)18-15(6-5-7-22-18)24(21(25)29)10-13-17-12(3)8-11(2)9-16(17)30-23-13/h7,9-12,14,19H,5-6,8,13,15H2,1-4H3,(H,31,32);6-8,10-12,14,18H,4-5,9,13,15H2,1-3H3,(H,30,31);6-9,11-12,17H,5,10,13H2,1-4H3,(H,29,30);5-9,14H,4,10H2,1-3H3,(H,27,28)/t;;17-;14-/m..10/s1. The van der Waals surface area contributed by atoms with Gasteiger partial charge in [0.2, 0.25) is 0 Å². The van der Waals surface area contributed by atoms with Crippen molar-refractivity contribution in [2.45, 2.75) is 197 Å². The van der Waals surface area contributed by atoms with Crippen molar-refractivity contribution in [3.63, 3.8) is 0 Å². The second-order valence-corrected chi connectivity index (χ2v) is 34.0. The summed E-state index contributed by atoms with van der Waals surface area (Å²) in [6.45, 7) is 22.5. The molecule has 12 heterocycles. The van der Waals surface area contributed by atoms with Gasteiger partial charge in [-0.1, -0.05) is 83.7 Å². The Labute approximate surface area is 741 Å². The van der Waals surface area contributed by atoms with Crippen molar-refractivity contribution in [2.24, 2.45) is 21.1 Å². The smallest absolute Gasteiger partial charge is 0.332 e. The van der Waals surface area contributed by atoms with Gasteiger partial charge in [-0.15, -0.1) is 0 Å². The number of carboxylic acids is 4. The molecule has 2 unspecified atom stereocenters. The van der Waals surface area contributed by atoms with Crippen molar-refractivity contribution in [2.75, 3.05) is 0 Å². The summed E-state index contributed by atoms with van der Waals surface area (Å²) < 4.78 is 21.8. The first-order chi connectivity index (χ1) is 61.6. The summed E-state index contributed by atoms with van der Waals surface area (Å²) in [5, 5.41) is 42.3. The van der Waals surface area contributed by atoms with Gasteiger partial charge in [-0.3, -0.25) is 70.5 Å². The van der Waals surface area contributed by atoms with E-state index in [2.05, 4.69) is 68.5 Å². The molecule has 0 aliphatic heterocycles. The maximum absolute atomic E-state index is 13.8. The van der Waals surface area contributed by atoms with Gasteiger partial charge in [0.1, 0.15) is 6.04 Å². The highest BCUT2D eigenvalue weighted by atomic mass is 32.1. The molecule has 12 aromatic heterocycles. The number of aryl methyl sites for hydroxylation is 10. The molecule has 0 saturated heterocycles. The molecule has 4 N–H and O–H groups in total. The molecule has 16 rings (SSSR count). The number of hydrogen-bond acceptors (Lipinski definition) is 18. The van der Waals surface area contributed by atoms with Crippen LogP contribution < -0.4 is 45.0 Å². The fourth-order valence-electron chi connectivity index (χ4n) is 18.1.